The molecule has 0 aliphatic heterocycles. The van der Waals surface area contributed by atoms with E-state index in [1.165, 1.54) is 0 Å². The third-order valence-electron chi connectivity index (χ3n) is 2.99. The monoisotopic (exact) mass is 294 g/mol. The van der Waals surface area contributed by atoms with E-state index in [0.29, 0.717) is 23.7 Å². The molecule has 1 atom stereocenters. The minimum absolute atomic E-state index is 0.171. The van der Waals surface area contributed by atoms with Crippen LogP contribution in [0.25, 0.3) is 0 Å². The quantitative estimate of drug-likeness (QED) is 0.886. The number of hydrogen-bond donors (Lipinski definition) is 1. The van der Waals surface area contributed by atoms with Crippen molar-refractivity contribution >= 4 is 11.3 Å². The van der Waals surface area contributed by atoms with Crippen molar-refractivity contribution in [1.29, 1.82) is 0 Å². The number of thiazole rings is 1. The molecule has 0 bridgehead atoms. The van der Waals surface area contributed by atoms with E-state index in [9.17, 15) is 0 Å². The molecule has 0 amide bonds. The zero-order chi connectivity index (χ0) is 14.5. The first-order chi connectivity index (χ1) is 9.69. The maximum Gasteiger partial charge on any atom is 0.203 e. The Morgan fingerprint density at radius 3 is 2.25 bits per heavy atom. The lowest BCUT2D eigenvalue weighted by molar-refractivity contribution is 0.323. The van der Waals surface area contributed by atoms with Crippen LogP contribution in [0.2, 0.25) is 0 Å². The fraction of sp³-hybridized carbons (Fsp3) is 0.357. The van der Waals surface area contributed by atoms with Crippen LogP contribution in [-0.4, -0.2) is 26.3 Å². The second-order valence-corrected chi connectivity index (χ2v) is 5.17. The second-order valence-electron chi connectivity index (χ2n) is 4.20. The first kappa shape index (κ1) is 14.6. The van der Waals surface area contributed by atoms with Crippen LogP contribution in [0.1, 0.15) is 16.6 Å². The van der Waals surface area contributed by atoms with E-state index in [4.69, 9.17) is 19.9 Å². The SMILES string of the molecule is COc1cc(C(N)Cc2nccs2)cc(OC)c1OC. The lowest BCUT2D eigenvalue weighted by Gasteiger charge is -2.17. The number of nitrogens with two attached hydrogens (primary N) is 1. The first-order valence-corrected chi connectivity index (χ1v) is 7.01. The van der Waals surface area contributed by atoms with Gasteiger partial charge in [0.2, 0.25) is 5.75 Å². The van der Waals surface area contributed by atoms with E-state index in [1.54, 1.807) is 38.9 Å². The summed E-state index contributed by atoms with van der Waals surface area (Å²) in [6.07, 6.45) is 2.46. The molecule has 2 rings (SSSR count). The molecule has 0 spiro atoms. The molecule has 20 heavy (non-hydrogen) atoms. The van der Waals surface area contributed by atoms with Crippen molar-refractivity contribution in [3.05, 3.63) is 34.3 Å². The van der Waals surface area contributed by atoms with Gasteiger partial charge in [0.25, 0.3) is 0 Å². The molecule has 1 aromatic carbocycles. The molecule has 2 aromatic rings. The van der Waals surface area contributed by atoms with E-state index in [2.05, 4.69) is 4.98 Å². The van der Waals surface area contributed by atoms with Gasteiger partial charge >= 0.3 is 0 Å². The normalized spacial score (nSPS) is 12.0. The van der Waals surface area contributed by atoms with Gasteiger partial charge in [0.05, 0.1) is 26.3 Å². The van der Waals surface area contributed by atoms with Crippen molar-refractivity contribution in [2.24, 2.45) is 5.73 Å². The van der Waals surface area contributed by atoms with Gasteiger partial charge in [-0.05, 0) is 17.7 Å². The third kappa shape index (κ3) is 3.02. The molecule has 0 radical (unpaired) electrons. The van der Waals surface area contributed by atoms with E-state index >= 15 is 0 Å². The molecular formula is C14H18N2O3S. The number of aromatic nitrogens is 1. The van der Waals surface area contributed by atoms with E-state index < -0.39 is 0 Å². The van der Waals surface area contributed by atoms with Crippen LogP contribution in [0.5, 0.6) is 17.2 Å². The lowest BCUT2D eigenvalue weighted by Crippen LogP contribution is -2.13. The van der Waals surface area contributed by atoms with Crippen molar-refractivity contribution in [1.82, 2.24) is 4.98 Å². The highest BCUT2D eigenvalue weighted by molar-refractivity contribution is 7.09. The maximum absolute atomic E-state index is 6.24. The van der Waals surface area contributed by atoms with Crippen LogP contribution in [0.4, 0.5) is 0 Å². The Kier molecular flexibility index (Phi) is 4.81. The molecular weight excluding hydrogens is 276 g/mol. The number of hydrogen-bond acceptors (Lipinski definition) is 6. The minimum Gasteiger partial charge on any atom is -0.493 e. The summed E-state index contributed by atoms with van der Waals surface area (Å²) in [5.74, 6) is 1.79. The fourth-order valence-electron chi connectivity index (χ4n) is 1.98. The lowest BCUT2D eigenvalue weighted by atomic mass is 10.0. The summed E-state index contributed by atoms with van der Waals surface area (Å²) < 4.78 is 16.0. The zero-order valence-corrected chi connectivity index (χ0v) is 12.6. The Bertz CT molecular complexity index is 533. The molecule has 6 heteroatoms. The molecule has 1 unspecified atom stereocenters. The van der Waals surface area contributed by atoms with Gasteiger partial charge < -0.3 is 19.9 Å². The molecule has 5 nitrogen and oxygen atoms in total. The van der Waals surface area contributed by atoms with Gasteiger partial charge in [-0.1, -0.05) is 0 Å². The Morgan fingerprint density at radius 1 is 1.15 bits per heavy atom. The summed E-state index contributed by atoms with van der Waals surface area (Å²) in [5, 5.41) is 2.95. The summed E-state index contributed by atoms with van der Waals surface area (Å²) in [7, 11) is 4.76. The highest BCUT2D eigenvalue weighted by atomic mass is 32.1. The van der Waals surface area contributed by atoms with Crippen LogP contribution in [0.3, 0.4) is 0 Å². The molecule has 0 saturated heterocycles. The van der Waals surface area contributed by atoms with Crippen molar-refractivity contribution in [2.45, 2.75) is 12.5 Å². The van der Waals surface area contributed by atoms with E-state index in [1.807, 2.05) is 17.5 Å². The van der Waals surface area contributed by atoms with E-state index in [-0.39, 0.29) is 6.04 Å². The average molecular weight is 294 g/mol. The Balaban J connectivity index is 2.31. The van der Waals surface area contributed by atoms with Gasteiger partial charge in [0.15, 0.2) is 11.5 Å². The highest BCUT2D eigenvalue weighted by Crippen LogP contribution is 2.39. The summed E-state index contributed by atoms with van der Waals surface area (Å²) in [6.45, 7) is 0. The van der Waals surface area contributed by atoms with Crippen molar-refractivity contribution < 1.29 is 14.2 Å². The van der Waals surface area contributed by atoms with E-state index in [0.717, 1.165) is 10.6 Å². The van der Waals surface area contributed by atoms with Crippen molar-refractivity contribution in [3.63, 3.8) is 0 Å². The Hall–Kier alpha value is -1.79. The van der Waals surface area contributed by atoms with Gasteiger partial charge in [0.1, 0.15) is 0 Å². The minimum atomic E-state index is -0.171. The largest absolute Gasteiger partial charge is 0.493 e. The molecule has 0 aliphatic carbocycles. The van der Waals surface area contributed by atoms with Gasteiger partial charge in [-0.2, -0.15) is 0 Å². The summed E-state index contributed by atoms with van der Waals surface area (Å²) in [6, 6.07) is 3.58. The predicted octanol–water partition coefficient (Wildman–Crippen LogP) is 2.41. The second kappa shape index (κ2) is 6.58. The molecule has 1 heterocycles. The maximum atomic E-state index is 6.24. The van der Waals surface area contributed by atoms with Crippen molar-refractivity contribution in [2.75, 3.05) is 21.3 Å². The third-order valence-corrected chi connectivity index (χ3v) is 3.80. The number of rotatable bonds is 6. The van der Waals surface area contributed by atoms with Gasteiger partial charge in [0, 0.05) is 24.0 Å². The van der Waals surface area contributed by atoms with Crippen LogP contribution in [0, 0.1) is 0 Å². The van der Waals surface area contributed by atoms with Crippen LogP contribution < -0.4 is 19.9 Å². The van der Waals surface area contributed by atoms with Crippen LogP contribution >= 0.6 is 11.3 Å². The van der Waals surface area contributed by atoms with Gasteiger partial charge in [-0.25, -0.2) is 4.98 Å². The van der Waals surface area contributed by atoms with Gasteiger partial charge in [-0.15, -0.1) is 11.3 Å². The standard InChI is InChI=1S/C14H18N2O3S/c1-17-11-6-9(7-12(18-2)14(11)19-3)10(15)8-13-16-4-5-20-13/h4-7,10H,8,15H2,1-3H3. The smallest absolute Gasteiger partial charge is 0.203 e. The molecule has 0 saturated carbocycles. The molecule has 2 N–H and O–H groups in total. The fourth-order valence-corrected chi connectivity index (χ4v) is 2.65. The molecule has 0 aliphatic rings. The summed E-state index contributed by atoms with van der Waals surface area (Å²) in [4.78, 5) is 4.25. The van der Waals surface area contributed by atoms with Crippen LogP contribution in [-0.2, 0) is 6.42 Å². The van der Waals surface area contributed by atoms with Crippen molar-refractivity contribution in [3.8, 4) is 17.2 Å². The zero-order valence-electron chi connectivity index (χ0n) is 11.8. The predicted molar refractivity (Wildman–Crippen MR) is 78.8 cm³/mol. The topological polar surface area (TPSA) is 66.6 Å². The van der Waals surface area contributed by atoms with Gasteiger partial charge in [-0.3, -0.25) is 0 Å². The molecule has 0 fully saturated rings. The highest BCUT2D eigenvalue weighted by Gasteiger charge is 2.17. The number of methoxy groups -OCH3 is 3. The summed E-state index contributed by atoms with van der Waals surface area (Å²) in [5.41, 5.74) is 7.17. The number of ether oxygens (including phenoxy) is 3. The number of nitrogens with zero attached hydrogens (tertiary/aromatic N) is 1. The van der Waals surface area contributed by atoms with Crippen LogP contribution in [0.15, 0.2) is 23.7 Å². The molecule has 108 valence electrons. The Morgan fingerprint density at radius 2 is 1.80 bits per heavy atom. The first-order valence-electron chi connectivity index (χ1n) is 6.13. The Labute approximate surface area is 122 Å². The summed E-state index contributed by atoms with van der Waals surface area (Å²) >= 11 is 1.60. The number of benzene rings is 1. The average Bonchev–Trinajstić information content (AvgIpc) is 2.98. The molecule has 1 aromatic heterocycles.